The number of carbonyl (C=O) groups is 1. The fraction of sp³-hybridized carbons (Fsp3) is 0.737. The summed E-state index contributed by atoms with van der Waals surface area (Å²) in [5.41, 5.74) is 0.127. The Morgan fingerprint density at radius 1 is 1.24 bits per heavy atom. The molecule has 2 saturated heterocycles. The number of ether oxygens (including phenoxy) is 1. The van der Waals surface area contributed by atoms with Crippen molar-refractivity contribution in [3.05, 3.63) is 21.9 Å². The first-order chi connectivity index (χ1) is 12.0. The molecule has 0 N–H and O–H groups in total. The van der Waals surface area contributed by atoms with Gasteiger partial charge in [0, 0.05) is 68.1 Å². The molecule has 1 spiro atoms. The van der Waals surface area contributed by atoms with Crippen LogP contribution in [0.5, 0.6) is 0 Å². The molecule has 2 aliphatic heterocycles. The number of amides is 1. The minimum atomic E-state index is 0.127. The van der Waals surface area contributed by atoms with Crippen LogP contribution in [-0.2, 0) is 16.1 Å². The molecule has 1 atom stereocenters. The van der Waals surface area contributed by atoms with E-state index in [1.165, 1.54) is 9.75 Å². The normalized spacial score (nSPS) is 26.4. The Morgan fingerprint density at radius 3 is 2.80 bits per heavy atom. The summed E-state index contributed by atoms with van der Waals surface area (Å²) in [6, 6.07) is 4.47. The molecule has 6 heteroatoms. The Hall–Kier alpha value is -0.950. The Morgan fingerprint density at radius 2 is 2.08 bits per heavy atom. The van der Waals surface area contributed by atoms with E-state index in [0.717, 1.165) is 45.6 Å². The molecule has 0 saturated carbocycles. The first-order valence-electron chi connectivity index (χ1n) is 9.28. The summed E-state index contributed by atoms with van der Waals surface area (Å²) in [4.78, 5) is 22.4. The van der Waals surface area contributed by atoms with E-state index in [4.69, 9.17) is 4.74 Å². The van der Waals surface area contributed by atoms with Crippen LogP contribution in [-0.4, -0.2) is 79.6 Å². The molecule has 25 heavy (non-hydrogen) atoms. The highest BCUT2D eigenvalue weighted by Crippen LogP contribution is 2.33. The zero-order valence-corrected chi connectivity index (χ0v) is 16.6. The number of likely N-dealkylation sites (N-methyl/N-ethyl adjacent to an activating group) is 1. The van der Waals surface area contributed by atoms with Crippen molar-refractivity contribution in [2.45, 2.75) is 38.3 Å². The number of nitrogens with zero attached hydrogens (tertiary/aromatic N) is 3. The first kappa shape index (κ1) is 18.8. The Bertz CT molecular complexity index is 591. The summed E-state index contributed by atoms with van der Waals surface area (Å²) in [7, 11) is 3.94. The number of likely N-dealkylation sites (tertiary alicyclic amines) is 1. The number of methoxy groups -OCH3 is 1. The van der Waals surface area contributed by atoms with E-state index in [1.54, 1.807) is 7.11 Å². The van der Waals surface area contributed by atoms with Crippen molar-refractivity contribution in [1.82, 2.24) is 14.7 Å². The van der Waals surface area contributed by atoms with E-state index in [-0.39, 0.29) is 11.4 Å². The number of hydrogen-bond donors (Lipinski definition) is 0. The van der Waals surface area contributed by atoms with Gasteiger partial charge in [-0.25, -0.2) is 0 Å². The van der Waals surface area contributed by atoms with Crippen molar-refractivity contribution in [3.63, 3.8) is 0 Å². The SMILES string of the molecule is COCCN1CC[C@]2(CCC1=O)CN(Cc1ccc(C)s1)CCN2C. The van der Waals surface area contributed by atoms with Crippen molar-refractivity contribution in [1.29, 1.82) is 0 Å². The smallest absolute Gasteiger partial charge is 0.222 e. The van der Waals surface area contributed by atoms with Gasteiger partial charge in [0.05, 0.1) is 6.61 Å². The topological polar surface area (TPSA) is 36.0 Å². The lowest BCUT2D eigenvalue weighted by atomic mass is 9.86. The summed E-state index contributed by atoms with van der Waals surface area (Å²) < 4.78 is 5.17. The van der Waals surface area contributed by atoms with E-state index in [2.05, 4.69) is 35.9 Å². The molecule has 2 aliphatic rings. The average molecular weight is 366 g/mol. The molecule has 0 bridgehead atoms. The van der Waals surface area contributed by atoms with Gasteiger partial charge < -0.3 is 9.64 Å². The monoisotopic (exact) mass is 365 g/mol. The largest absolute Gasteiger partial charge is 0.383 e. The van der Waals surface area contributed by atoms with Crippen LogP contribution in [0.1, 0.15) is 29.0 Å². The maximum atomic E-state index is 12.5. The highest BCUT2D eigenvalue weighted by Gasteiger charge is 2.42. The van der Waals surface area contributed by atoms with E-state index in [9.17, 15) is 4.79 Å². The van der Waals surface area contributed by atoms with Crippen LogP contribution in [0.3, 0.4) is 0 Å². The van der Waals surface area contributed by atoms with Gasteiger partial charge in [-0.05, 0) is 38.9 Å². The molecule has 5 nitrogen and oxygen atoms in total. The summed E-state index contributed by atoms with van der Waals surface area (Å²) in [6.07, 6.45) is 2.67. The Labute approximate surface area is 155 Å². The average Bonchev–Trinajstić information content (AvgIpc) is 2.93. The highest BCUT2D eigenvalue weighted by atomic mass is 32.1. The predicted octanol–water partition coefficient (Wildman–Crippen LogP) is 2.20. The van der Waals surface area contributed by atoms with Crippen molar-refractivity contribution < 1.29 is 9.53 Å². The van der Waals surface area contributed by atoms with Crippen LogP contribution in [0.2, 0.25) is 0 Å². The quantitative estimate of drug-likeness (QED) is 0.801. The number of thiophene rings is 1. The third kappa shape index (κ3) is 4.42. The molecule has 0 unspecified atom stereocenters. The molecule has 3 heterocycles. The molecule has 1 aromatic heterocycles. The maximum absolute atomic E-state index is 12.5. The second-order valence-electron chi connectivity index (χ2n) is 7.49. The van der Waals surface area contributed by atoms with E-state index in [0.29, 0.717) is 19.6 Å². The number of aryl methyl sites for hydroxylation is 1. The van der Waals surface area contributed by atoms with Crippen LogP contribution in [0, 0.1) is 6.92 Å². The van der Waals surface area contributed by atoms with Gasteiger partial charge in [0.2, 0.25) is 5.91 Å². The standard InChI is InChI=1S/C19H31N3O2S/c1-16-4-5-17(25-16)14-21-11-10-20(2)19(15-21)7-6-18(23)22(9-8-19)12-13-24-3/h4-5H,6-15H2,1-3H3/t19-/m1/s1. The van der Waals surface area contributed by atoms with Gasteiger partial charge >= 0.3 is 0 Å². The number of hydrogen-bond acceptors (Lipinski definition) is 5. The van der Waals surface area contributed by atoms with Gasteiger partial charge in [0.15, 0.2) is 0 Å². The third-order valence-electron chi connectivity index (χ3n) is 5.82. The molecule has 0 aromatic carbocycles. The molecule has 3 rings (SSSR count). The van der Waals surface area contributed by atoms with Crippen LogP contribution in [0.15, 0.2) is 12.1 Å². The summed E-state index contributed by atoms with van der Waals surface area (Å²) in [5.74, 6) is 0.285. The summed E-state index contributed by atoms with van der Waals surface area (Å²) in [6.45, 7) is 8.64. The van der Waals surface area contributed by atoms with Gasteiger partial charge in [-0.2, -0.15) is 0 Å². The lowest BCUT2D eigenvalue weighted by Gasteiger charge is -2.49. The van der Waals surface area contributed by atoms with E-state index >= 15 is 0 Å². The zero-order valence-electron chi connectivity index (χ0n) is 15.8. The summed E-state index contributed by atoms with van der Waals surface area (Å²) in [5, 5.41) is 0. The van der Waals surface area contributed by atoms with Crippen molar-refractivity contribution in [2.24, 2.45) is 0 Å². The first-order valence-corrected chi connectivity index (χ1v) is 10.1. The molecular formula is C19H31N3O2S. The second-order valence-corrected chi connectivity index (χ2v) is 8.86. The third-order valence-corrected chi connectivity index (χ3v) is 6.81. The summed E-state index contributed by atoms with van der Waals surface area (Å²) >= 11 is 1.90. The molecule has 1 amide bonds. The second kappa shape index (κ2) is 8.16. The molecule has 0 radical (unpaired) electrons. The zero-order chi connectivity index (χ0) is 17.9. The van der Waals surface area contributed by atoms with Crippen LogP contribution in [0.4, 0.5) is 0 Å². The molecule has 1 aromatic rings. The van der Waals surface area contributed by atoms with Gasteiger partial charge in [-0.3, -0.25) is 14.6 Å². The Balaban J connectivity index is 1.66. The molecule has 0 aliphatic carbocycles. The molecule has 2 fully saturated rings. The number of piperazine rings is 1. The van der Waals surface area contributed by atoms with Gasteiger partial charge in [-0.15, -0.1) is 11.3 Å². The van der Waals surface area contributed by atoms with Gasteiger partial charge in [0.1, 0.15) is 0 Å². The van der Waals surface area contributed by atoms with Gasteiger partial charge in [-0.1, -0.05) is 0 Å². The van der Waals surface area contributed by atoms with Crippen LogP contribution >= 0.6 is 11.3 Å². The minimum Gasteiger partial charge on any atom is -0.383 e. The van der Waals surface area contributed by atoms with Crippen LogP contribution in [0.25, 0.3) is 0 Å². The van der Waals surface area contributed by atoms with Crippen molar-refractivity contribution >= 4 is 17.2 Å². The lowest BCUT2D eigenvalue weighted by molar-refractivity contribution is -0.131. The highest BCUT2D eigenvalue weighted by molar-refractivity contribution is 7.11. The predicted molar refractivity (Wildman–Crippen MR) is 102 cm³/mol. The van der Waals surface area contributed by atoms with Crippen molar-refractivity contribution in [3.8, 4) is 0 Å². The van der Waals surface area contributed by atoms with E-state index < -0.39 is 0 Å². The van der Waals surface area contributed by atoms with Crippen LogP contribution < -0.4 is 0 Å². The molecular weight excluding hydrogens is 334 g/mol. The number of carbonyl (C=O) groups excluding carboxylic acids is 1. The molecule has 140 valence electrons. The number of rotatable bonds is 5. The van der Waals surface area contributed by atoms with Gasteiger partial charge in [0.25, 0.3) is 0 Å². The van der Waals surface area contributed by atoms with Crippen molar-refractivity contribution in [2.75, 3.05) is 53.5 Å². The maximum Gasteiger partial charge on any atom is 0.222 e. The minimum absolute atomic E-state index is 0.127. The van der Waals surface area contributed by atoms with E-state index in [1.807, 2.05) is 16.2 Å². The fourth-order valence-corrected chi connectivity index (χ4v) is 5.07. The Kier molecular flexibility index (Phi) is 6.15. The fourth-order valence-electron chi connectivity index (χ4n) is 4.14. The lowest BCUT2D eigenvalue weighted by Crippen LogP contribution is -2.60.